The summed E-state index contributed by atoms with van der Waals surface area (Å²) < 4.78 is 0. The predicted molar refractivity (Wildman–Crippen MR) is 75.9 cm³/mol. The molecule has 0 aromatic rings. The van der Waals surface area contributed by atoms with Crippen LogP contribution in [0.1, 0.15) is 51.4 Å². The van der Waals surface area contributed by atoms with Gasteiger partial charge in [0.15, 0.2) is 0 Å². The minimum absolute atomic E-state index is 0.0401. The molecule has 0 spiro atoms. The molecule has 2 rings (SSSR count). The molecule has 4 heteroatoms. The Morgan fingerprint density at radius 3 is 2.42 bits per heavy atom. The third kappa shape index (κ3) is 4.46. The molecule has 1 aliphatic carbocycles. The first-order chi connectivity index (χ1) is 9.24. The van der Waals surface area contributed by atoms with Crippen molar-refractivity contribution in [2.75, 3.05) is 32.8 Å². The van der Waals surface area contributed by atoms with E-state index in [2.05, 4.69) is 10.2 Å². The summed E-state index contributed by atoms with van der Waals surface area (Å²) in [4.78, 5) is 14.2. The molecular formula is C15H28N2O2. The summed E-state index contributed by atoms with van der Waals surface area (Å²) in [5, 5.41) is 12.6. The molecule has 19 heavy (non-hydrogen) atoms. The highest BCUT2D eigenvalue weighted by molar-refractivity contribution is 5.76. The lowest BCUT2D eigenvalue weighted by Crippen LogP contribution is -2.42. The fourth-order valence-electron chi connectivity index (χ4n) is 3.33. The minimum atomic E-state index is -0.0401. The van der Waals surface area contributed by atoms with Gasteiger partial charge in [0.25, 0.3) is 0 Å². The van der Waals surface area contributed by atoms with Crippen LogP contribution in [0.3, 0.4) is 0 Å². The van der Waals surface area contributed by atoms with Crippen molar-refractivity contribution in [3.05, 3.63) is 0 Å². The summed E-state index contributed by atoms with van der Waals surface area (Å²) in [6.07, 6.45) is 8.89. The third-order valence-electron chi connectivity index (χ3n) is 4.76. The summed E-state index contributed by atoms with van der Waals surface area (Å²) >= 11 is 0. The second kappa shape index (κ2) is 7.25. The highest BCUT2D eigenvalue weighted by atomic mass is 16.3. The van der Waals surface area contributed by atoms with Crippen LogP contribution in [0.4, 0.5) is 0 Å². The number of hydrogen-bond acceptors (Lipinski definition) is 3. The number of nitrogens with one attached hydrogen (secondary N) is 1. The highest BCUT2D eigenvalue weighted by Gasteiger charge is 2.31. The van der Waals surface area contributed by atoms with Crippen molar-refractivity contribution in [2.45, 2.75) is 51.4 Å². The van der Waals surface area contributed by atoms with E-state index in [1.54, 1.807) is 0 Å². The van der Waals surface area contributed by atoms with Crippen LogP contribution in [0.2, 0.25) is 0 Å². The van der Waals surface area contributed by atoms with E-state index in [9.17, 15) is 9.90 Å². The number of likely N-dealkylation sites (tertiary alicyclic amines) is 1. The van der Waals surface area contributed by atoms with Gasteiger partial charge in [0.1, 0.15) is 0 Å². The second-order valence-corrected chi connectivity index (χ2v) is 6.29. The van der Waals surface area contributed by atoms with Gasteiger partial charge in [-0.2, -0.15) is 0 Å². The van der Waals surface area contributed by atoms with Crippen molar-refractivity contribution >= 4 is 5.91 Å². The number of hydrogen-bond donors (Lipinski definition) is 2. The largest absolute Gasteiger partial charge is 0.396 e. The smallest absolute Gasteiger partial charge is 0.221 e. The van der Waals surface area contributed by atoms with Gasteiger partial charge in [-0.25, -0.2) is 0 Å². The van der Waals surface area contributed by atoms with E-state index in [4.69, 9.17) is 0 Å². The predicted octanol–water partition coefficient (Wildman–Crippen LogP) is 1.53. The van der Waals surface area contributed by atoms with Crippen molar-refractivity contribution in [1.82, 2.24) is 10.2 Å². The highest BCUT2D eigenvalue weighted by Crippen LogP contribution is 2.35. The fraction of sp³-hybridized carbons (Fsp3) is 0.933. The van der Waals surface area contributed by atoms with Crippen LogP contribution >= 0.6 is 0 Å². The van der Waals surface area contributed by atoms with Crippen LogP contribution < -0.4 is 5.32 Å². The third-order valence-corrected chi connectivity index (χ3v) is 4.76. The van der Waals surface area contributed by atoms with E-state index >= 15 is 0 Å². The maximum Gasteiger partial charge on any atom is 0.221 e. The molecule has 0 bridgehead atoms. The summed E-state index contributed by atoms with van der Waals surface area (Å²) in [6, 6.07) is 0. The van der Waals surface area contributed by atoms with Crippen molar-refractivity contribution in [3.63, 3.8) is 0 Å². The zero-order valence-electron chi connectivity index (χ0n) is 12.0. The monoisotopic (exact) mass is 268 g/mol. The zero-order chi connectivity index (χ0) is 13.6. The van der Waals surface area contributed by atoms with Crippen LogP contribution in [-0.2, 0) is 4.79 Å². The Kier molecular flexibility index (Phi) is 5.64. The number of rotatable bonds is 6. The van der Waals surface area contributed by atoms with E-state index in [1.807, 2.05) is 0 Å². The maximum absolute atomic E-state index is 11.9. The van der Waals surface area contributed by atoms with Gasteiger partial charge in [-0.1, -0.05) is 19.3 Å². The van der Waals surface area contributed by atoms with E-state index < -0.39 is 0 Å². The fourth-order valence-corrected chi connectivity index (χ4v) is 3.33. The Labute approximate surface area is 116 Å². The summed E-state index contributed by atoms with van der Waals surface area (Å²) in [5.41, 5.74) is -0.0401. The van der Waals surface area contributed by atoms with Gasteiger partial charge in [-0.3, -0.25) is 4.79 Å². The molecular weight excluding hydrogens is 240 g/mol. The molecule has 1 amide bonds. The van der Waals surface area contributed by atoms with E-state index in [0.29, 0.717) is 13.0 Å². The zero-order valence-corrected chi connectivity index (χ0v) is 12.0. The maximum atomic E-state index is 11.9. The molecule has 0 unspecified atom stereocenters. The van der Waals surface area contributed by atoms with Crippen LogP contribution in [0.15, 0.2) is 0 Å². The molecule has 2 aliphatic rings. The Hall–Kier alpha value is -0.610. The van der Waals surface area contributed by atoms with Crippen LogP contribution in [0.25, 0.3) is 0 Å². The minimum Gasteiger partial charge on any atom is -0.396 e. The van der Waals surface area contributed by atoms with Gasteiger partial charge in [0.05, 0.1) is 6.61 Å². The van der Waals surface area contributed by atoms with Gasteiger partial charge >= 0.3 is 0 Å². The first kappa shape index (κ1) is 14.8. The summed E-state index contributed by atoms with van der Waals surface area (Å²) in [5.74, 6) is 0.144. The van der Waals surface area contributed by atoms with E-state index in [-0.39, 0.29) is 17.9 Å². The Balaban J connectivity index is 1.66. The first-order valence-electron chi connectivity index (χ1n) is 7.84. The number of carbonyl (C=O) groups is 1. The number of amides is 1. The molecule has 2 fully saturated rings. The summed E-state index contributed by atoms with van der Waals surface area (Å²) in [7, 11) is 0. The summed E-state index contributed by atoms with van der Waals surface area (Å²) in [6.45, 7) is 4.04. The molecule has 0 radical (unpaired) electrons. The molecule has 110 valence electrons. The average Bonchev–Trinajstić information content (AvgIpc) is 2.97. The van der Waals surface area contributed by atoms with Crippen LogP contribution in [0, 0.1) is 5.41 Å². The van der Waals surface area contributed by atoms with Gasteiger partial charge < -0.3 is 15.3 Å². The Bertz CT molecular complexity index is 282. The van der Waals surface area contributed by atoms with Crippen molar-refractivity contribution in [2.24, 2.45) is 5.41 Å². The molecule has 1 saturated carbocycles. The van der Waals surface area contributed by atoms with Gasteiger partial charge in [-0.15, -0.1) is 0 Å². The molecule has 4 nitrogen and oxygen atoms in total. The number of aliphatic hydroxyl groups is 1. The number of carbonyl (C=O) groups excluding carboxylic acids is 1. The van der Waals surface area contributed by atoms with E-state index in [0.717, 1.165) is 32.5 Å². The van der Waals surface area contributed by atoms with Gasteiger partial charge in [0.2, 0.25) is 5.91 Å². The Morgan fingerprint density at radius 2 is 1.79 bits per heavy atom. The molecule has 1 heterocycles. The van der Waals surface area contributed by atoms with Crippen molar-refractivity contribution in [1.29, 1.82) is 0 Å². The SMILES string of the molecule is O=C(CCN1CCCC1)NCC1(CO)CCCCC1. The molecule has 2 N–H and O–H groups in total. The molecule has 1 saturated heterocycles. The molecule has 0 atom stereocenters. The van der Waals surface area contributed by atoms with E-state index in [1.165, 1.54) is 32.1 Å². The lowest BCUT2D eigenvalue weighted by atomic mass is 9.74. The Morgan fingerprint density at radius 1 is 1.11 bits per heavy atom. The van der Waals surface area contributed by atoms with Crippen molar-refractivity contribution < 1.29 is 9.90 Å². The van der Waals surface area contributed by atoms with Gasteiger partial charge in [0, 0.05) is 24.9 Å². The van der Waals surface area contributed by atoms with Crippen LogP contribution in [-0.4, -0.2) is 48.7 Å². The van der Waals surface area contributed by atoms with Crippen molar-refractivity contribution in [3.8, 4) is 0 Å². The number of aliphatic hydroxyl groups excluding tert-OH is 1. The standard InChI is InChI=1S/C15H28N2O2/c18-13-15(7-2-1-3-8-15)12-16-14(19)6-11-17-9-4-5-10-17/h18H,1-13H2,(H,16,19). The lowest BCUT2D eigenvalue weighted by Gasteiger charge is -2.35. The second-order valence-electron chi connectivity index (χ2n) is 6.29. The topological polar surface area (TPSA) is 52.6 Å². The number of nitrogens with zero attached hydrogens (tertiary/aromatic N) is 1. The quantitative estimate of drug-likeness (QED) is 0.768. The molecule has 0 aromatic carbocycles. The molecule has 0 aromatic heterocycles. The average molecular weight is 268 g/mol. The van der Waals surface area contributed by atoms with Gasteiger partial charge in [-0.05, 0) is 38.8 Å². The van der Waals surface area contributed by atoms with Crippen LogP contribution in [0.5, 0.6) is 0 Å². The normalized spacial score (nSPS) is 23.4. The molecule has 1 aliphatic heterocycles. The first-order valence-corrected chi connectivity index (χ1v) is 7.84. The lowest BCUT2D eigenvalue weighted by molar-refractivity contribution is -0.122.